The Bertz CT molecular complexity index is 1640. The number of rotatable bonds is 13. The second kappa shape index (κ2) is 12.9. The Hall–Kier alpha value is -3.68. The molecule has 0 radical (unpaired) electrons. The summed E-state index contributed by atoms with van der Waals surface area (Å²) in [4.78, 5) is 42.8. The van der Waals surface area contributed by atoms with E-state index in [9.17, 15) is 18.8 Å². The minimum absolute atomic E-state index is 0.0472. The molecule has 0 spiro atoms. The van der Waals surface area contributed by atoms with E-state index in [1.807, 2.05) is 13.8 Å². The number of hydrogen-bond donors (Lipinski definition) is 0. The van der Waals surface area contributed by atoms with Crippen molar-refractivity contribution in [1.82, 2.24) is 24.1 Å². The first-order valence-electron chi connectivity index (χ1n) is 13.2. The van der Waals surface area contributed by atoms with E-state index in [2.05, 4.69) is 10.2 Å². The van der Waals surface area contributed by atoms with Gasteiger partial charge in [-0.3, -0.25) is 14.2 Å². The molecule has 0 N–H and O–H groups in total. The Morgan fingerprint density at radius 2 is 1.80 bits per heavy atom. The number of methoxy groups -OCH3 is 2. The maximum absolute atomic E-state index is 14.4. The zero-order chi connectivity index (χ0) is 29.8. The SMILES string of the molecule is COCCO[C@@H](Cn1c(=O)n([C@@H](C)C(=O)CC(C)C)c(=O)c2c(C)c(-n3nccn3)sc21)c1cc(F)ccc1OC. The highest BCUT2D eigenvalue weighted by molar-refractivity contribution is 7.21. The van der Waals surface area contributed by atoms with Crippen molar-refractivity contribution in [3.8, 4) is 10.8 Å². The zero-order valence-corrected chi connectivity index (χ0v) is 24.7. The molecule has 11 nitrogen and oxygen atoms in total. The van der Waals surface area contributed by atoms with Gasteiger partial charge >= 0.3 is 5.69 Å². The fourth-order valence-corrected chi connectivity index (χ4v) is 5.94. The molecule has 1 aromatic carbocycles. The quantitative estimate of drug-likeness (QED) is 0.217. The third-order valence-electron chi connectivity index (χ3n) is 6.77. The Morgan fingerprint density at radius 3 is 2.44 bits per heavy atom. The number of halogens is 1. The van der Waals surface area contributed by atoms with E-state index in [-0.39, 0.29) is 43.3 Å². The summed E-state index contributed by atoms with van der Waals surface area (Å²) in [5.74, 6) is -0.316. The normalized spacial score (nSPS) is 13.2. The van der Waals surface area contributed by atoms with Crippen LogP contribution in [0.25, 0.3) is 15.2 Å². The minimum atomic E-state index is -1.00. The Kier molecular flexibility index (Phi) is 9.51. The number of aromatic nitrogens is 5. The lowest BCUT2D eigenvalue weighted by atomic mass is 10.0. The summed E-state index contributed by atoms with van der Waals surface area (Å²) in [7, 11) is 2.99. The van der Waals surface area contributed by atoms with Crippen LogP contribution in [-0.4, -0.2) is 57.3 Å². The van der Waals surface area contributed by atoms with E-state index >= 15 is 0 Å². The lowest BCUT2D eigenvalue weighted by Crippen LogP contribution is -2.44. The van der Waals surface area contributed by atoms with Gasteiger partial charge in [0.1, 0.15) is 27.5 Å². The van der Waals surface area contributed by atoms with Crippen molar-refractivity contribution in [2.75, 3.05) is 27.4 Å². The molecule has 0 saturated carbocycles. The number of carbonyl (C=O) groups is 1. The van der Waals surface area contributed by atoms with Crippen LogP contribution in [0.15, 0.2) is 40.2 Å². The summed E-state index contributed by atoms with van der Waals surface area (Å²) in [5.41, 5.74) is -0.299. The molecule has 3 heterocycles. The summed E-state index contributed by atoms with van der Waals surface area (Å²) in [6, 6.07) is 3.05. The van der Waals surface area contributed by atoms with Crippen LogP contribution in [-0.2, 0) is 20.8 Å². The van der Waals surface area contributed by atoms with Crippen LogP contribution in [0.3, 0.4) is 0 Å². The second-order valence-corrected chi connectivity index (χ2v) is 11.1. The molecule has 0 aliphatic rings. The molecule has 0 amide bonds. The van der Waals surface area contributed by atoms with Crippen molar-refractivity contribution in [3.63, 3.8) is 0 Å². The number of fused-ring (bicyclic) bond motifs is 1. The maximum Gasteiger partial charge on any atom is 0.332 e. The van der Waals surface area contributed by atoms with Crippen molar-refractivity contribution in [2.24, 2.45) is 5.92 Å². The fraction of sp³-hybridized carbons (Fsp3) is 0.464. The number of Topliss-reactive ketones (excluding diaryl/α,β-unsaturated/α-hetero) is 1. The summed E-state index contributed by atoms with van der Waals surface area (Å²) in [5, 5.41) is 9.23. The third kappa shape index (κ3) is 6.16. The van der Waals surface area contributed by atoms with E-state index in [0.717, 1.165) is 4.57 Å². The van der Waals surface area contributed by atoms with Gasteiger partial charge in [-0.05, 0) is 38.0 Å². The number of carbonyl (C=O) groups excluding carboxylic acids is 1. The zero-order valence-electron chi connectivity index (χ0n) is 23.9. The smallest absolute Gasteiger partial charge is 0.332 e. The summed E-state index contributed by atoms with van der Waals surface area (Å²) in [6.07, 6.45) is 2.37. The van der Waals surface area contributed by atoms with E-state index < -0.39 is 29.2 Å². The van der Waals surface area contributed by atoms with Crippen LogP contribution in [0.5, 0.6) is 5.75 Å². The lowest BCUT2D eigenvalue weighted by Gasteiger charge is -2.23. The molecule has 3 aromatic heterocycles. The van der Waals surface area contributed by atoms with Gasteiger partial charge in [0.2, 0.25) is 0 Å². The van der Waals surface area contributed by atoms with Gasteiger partial charge in [-0.1, -0.05) is 25.2 Å². The maximum atomic E-state index is 14.4. The fourth-order valence-electron chi connectivity index (χ4n) is 4.72. The van der Waals surface area contributed by atoms with Gasteiger partial charge in [-0.15, -0.1) is 4.80 Å². The molecule has 2 atom stereocenters. The monoisotopic (exact) mass is 587 g/mol. The highest BCUT2D eigenvalue weighted by Gasteiger charge is 2.29. The molecule has 0 saturated heterocycles. The first kappa shape index (κ1) is 30.3. The van der Waals surface area contributed by atoms with E-state index in [1.165, 1.54) is 65.5 Å². The lowest BCUT2D eigenvalue weighted by molar-refractivity contribution is -0.122. The van der Waals surface area contributed by atoms with Crippen LogP contribution < -0.4 is 16.0 Å². The Morgan fingerprint density at radius 1 is 1.10 bits per heavy atom. The molecule has 220 valence electrons. The molecule has 41 heavy (non-hydrogen) atoms. The average molecular weight is 588 g/mol. The van der Waals surface area contributed by atoms with Crippen LogP contribution in [0.1, 0.15) is 50.5 Å². The summed E-state index contributed by atoms with van der Waals surface area (Å²) >= 11 is 1.17. The summed E-state index contributed by atoms with van der Waals surface area (Å²) < 4.78 is 33.6. The highest BCUT2D eigenvalue weighted by atomic mass is 32.1. The van der Waals surface area contributed by atoms with Crippen LogP contribution in [0, 0.1) is 18.7 Å². The van der Waals surface area contributed by atoms with E-state index in [1.54, 1.807) is 13.8 Å². The number of aryl methyl sites for hydroxylation is 1. The number of hydrogen-bond acceptors (Lipinski definition) is 9. The van der Waals surface area contributed by atoms with Gasteiger partial charge in [0, 0.05) is 24.7 Å². The Labute approximate surface area is 240 Å². The number of ether oxygens (including phenoxy) is 3. The van der Waals surface area contributed by atoms with Gasteiger partial charge < -0.3 is 14.2 Å². The summed E-state index contributed by atoms with van der Waals surface area (Å²) in [6.45, 7) is 7.41. The standard InChI is InChI=1S/C28H34FN5O6S/c1-16(2)13-21(35)18(4)33-25(36)24-17(3)26(34-30-9-10-31-34)41-27(24)32(28(33)37)15-23(40-12-11-38-5)20-14-19(29)7-8-22(20)39-6/h7-10,14,16,18,23H,11-13,15H2,1-6H3/t18-,23-/m0/s1. The number of ketones is 1. The number of benzene rings is 1. The van der Waals surface area contributed by atoms with E-state index in [0.29, 0.717) is 26.7 Å². The molecule has 13 heteroatoms. The van der Waals surface area contributed by atoms with Crippen LogP contribution >= 0.6 is 11.3 Å². The first-order chi connectivity index (χ1) is 19.6. The minimum Gasteiger partial charge on any atom is -0.496 e. The molecule has 0 fully saturated rings. The molecular weight excluding hydrogens is 553 g/mol. The Balaban J connectivity index is 1.98. The number of thiophene rings is 1. The largest absolute Gasteiger partial charge is 0.496 e. The number of nitrogens with zero attached hydrogens (tertiary/aromatic N) is 5. The van der Waals surface area contributed by atoms with Crippen molar-refractivity contribution < 1.29 is 23.4 Å². The predicted molar refractivity (Wildman–Crippen MR) is 153 cm³/mol. The first-order valence-corrected chi connectivity index (χ1v) is 14.0. The van der Waals surface area contributed by atoms with Crippen molar-refractivity contribution in [3.05, 3.63) is 68.4 Å². The van der Waals surface area contributed by atoms with Gasteiger partial charge in [-0.2, -0.15) is 10.2 Å². The van der Waals surface area contributed by atoms with Crippen molar-refractivity contribution in [2.45, 2.75) is 52.8 Å². The van der Waals surface area contributed by atoms with Crippen molar-refractivity contribution in [1.29, 1.82) is 0 Å². The van der Waals surface area contributed by atoms with Gasteiger partial charge in [0.05, 0.1) is 50.7 Å². The topological polar surface area (TPSA) is 119 Å². The average Bonchev–Trinajstić information content (AvgIpc) is 3.58. The van der Waals surface area contributed by atoms with Crippen LogP contribution in [0.2, 0.25) is 0 Å². The van der Waals surface area contributed by atoms with Gasteiger partial charge in [-0.25, -0.2) is 13.8 Å². The van der Waals surface area contributed by atoms with Crippen LogP contribution in [0.4, 0.5) is 4.39 Å². The molecule has 0 aliphatic heterocycles. The molecule has 4 aromatic rings. The third-order valence-corrected chi connectivity index (χ3v) is 8.06. The molecule has 0 unspecified atom stereocenters. The van der Waals surface area contributed by atoms with E-state index in [4.69, 9.17) is 14.2 Å². The predicted octanol–water partition coefficient (Wildman–Crippen LogP) is 3.84. The molecule has 4 rings (SSSR count). The highest BCUT2D eigenvalue weighted by Crippen LogP contribution is 2.34. The van der Waals surface area contributed by atoms with Gasteiger partial charge in [0.15, 0.2) is 5.78 Å². The van der Waals surface area contributed by atoms with Gasteiger partial charge in [0.25, 0.3) is 5.56 Å². The molecule has 0 bridgehead atoms. The molecule has 0 aliphatic carbocycles. The second-order valence-electron chi connectivity index (χ2n) is 10.1. The van der Waals surface area contributed by atoms with Crippen molar-refractivity contribution >= 4 is 27.3 Å². The molecular formula is C28H34FN5O6S.